The van der Waals surface area contributed by atoms with Crippen LogP contribution in [0, 0.1) is 46.8 Å². The highest BCUT2D eigenvalue weighted by atomic mass is 16.6. The fraction of sp³-hybridized carbons (Fsp3) is 0.684. The number of oxime groups is 1. The van der Waals surface area contributed by atoms with Gasteiger partial charge in [-0.25, -0.2) is 9.98 Å². The standard InChI is InChI=1S/C38H56N4O8/c1-12-29-38(11,46)34-23(3)31(40-26(6)43)22(2)19-37(10,33(36(7,8)9)24(4)32(44)25(5)35(45)50-29)48-21-28(20-47-34)42-49-18-14-16-27-15-13-17-30(39)41-27/h13,15,17,22-25,29,33-34,46H,12,18-21H2,1-11H3,(H2,39,41)/b40-31?,42-28+/t22-,23+,24+,25-,29-,33+,34-,37-,38-/m1/s1. The molecule has 2 saturated heterocycles. The number of amides is 1. The zero-order valence-electron chi connectivity index (χ0n) is 31.5. The second-order valence-corrected chi connectivity index (χ2v) is 15.3. The molecule has 0 unspecified atom stereocenters. The smallest absolute Gasteiger partial charge is 0.316 e. The zero-order chi connectivity index (χ0) is 37.6. The summed E-state index contributed by atoms with van der Waals surface area (Å²) >= 11 is 0. The van der Waals surface area contributed by atoms with Gasteiger partial charge < -0.3 is 29.9 Å². The van der Waals surface area contributed by atoms with Gasteiger partial charge in [0.25, 0.3) is 0 Å². The molecule has 1 aromatic heterocycles. The first kappa shape index (κ1) is 40.8. The monoisotopic (exact) mass is 696 g/mol. The van der Waals surface area contributed by atoms with Crippen molar-refractivity contribution in [3.63, 3.8) is 0 Å². The number of anilines is 1. The zero-order valence-corrected chi connectivity index (χ0v) is 31.5. The van der Waals surface area contributed by atoms with Gasteiger partial charge in [0.1, 0.15) is 40.6 Å². The number of hydrogen-bond donors (Lipinski definition) is 2. The second kappa shape index (κ2) is 16.6. The molecule has 0 aliphatic carbocycles. The fourth-order valence-corrected chi connectivity index (χ4v) is 8.05. The van der Waals surface area contributed by atoms with E-state index in [0.717, 1.165) is 0 Å². The Kier molecular flexibility index (Phi) is 13.5. The molecule has 276 valence electrons. The molecule has 1 aromatic rings. The van der Waals surface area contributed by atoms with Crippen LogP contribution in [0.25, 0.3) is 0 Å². The van der Waals surface area contributed by atoms with E-state index in [1.165, 1.54) is 13.8 Å². The van der Waals surface area contributed by atoms with Crippen molar-refractivity contribution >= 4 is 34.9 Å². The first-order chi connectivity index (χ1) is 23.2. The van der Waals surface area contributed by atoms with Gasteiger partial charge in [0.15, 0.2) is 6.61 Å². The minimum Gasteiger partial charge on any atom is -0.459 e. The normalized spacial score (nSPS) is 34.8. The van der Waals surface area contributed by atoms with Crippen LogP contribution in [0.2, 0.25) is 0 Å². The predicted octanol–water partition coefficient (Wildman–Crippen LogP) is 4.80. The summed E-state index contributed by atoms with van der Waals surface area (Å²) in [5.41, 5.74) is 3.85. The second-order valence-electron chi connectivity index (χ2n) is 15.3. The molecule has 50 heavy (non-hydrogen) atoms. The molecule has 3 N–H and O–H groups in total. The molecule has 2 bridgehead atoms. The number of nitrogens with two attached hydrogens (primary N) is 1. The average molecular weight is 697 g/mol. The highest BCUT2D eigenvalue weighted by Crippen LogP contribution is 2.47. The molecule has 3 heterocycles. The first-order valence-electron chi connectivity index (χ1n) is 17.4. The quantitative estimate of drug-likeness (QED) is 0.147. The van der Waals surface area contributed by atoms with Crippen molar-refractivity contribution in [3.8, 4) is 11.8 Å². The van der Waals surface area contributed by atoms with Gasteiger partial charge in [-0.05, 0) is 63.0 Å². The van der Waals surface area contributed by atoms with Crippen LogP contribution >= 0.6 is 0 Å². The van der Waals surface area contributed by atoms with Crippen LogP contribution in [0.5, 0.6) is 0 Å². The van der Waals surface area contributed by atoms with Crippen molar-refractivity contribution in [3.05, 3.63) is 23.9 Å². The number of aromatic nitrogens is 1. The van der Waals surface area contributed by atoms with E-state index in [-0.39, 0.29) is 37.9 Å². The van der Waals surface area contributed by atoms with E-state index in [1.807, 2.05) is 48.5 Å². The number of cyclic esters (lactones) is 1. The van der Waals surface area contributed by atoms with E-state index in [0.29, 0.717) is 29.4 Å². The molecule has 12 heteroatoms. The van der Waals surface area contributed by atoms with E-state index in [9.17, 15) is 19.5 Å². The van der Waals surface area contributed by atoms with Crippen molar-refractivity contribution in [1.29, 1.82) is 0 Å². The topological polar surface area (TPSA) is 172 Å². The lowest BCUT2D eigenvalue weighted by Crippen LogP contribution is -2.58. The third kappa shape index (κ3) is 9.77. The predicted molar refractivity (Wildman–Crippen MR) is 191 cm³/mol. The molecular weight excluding hydrogens is 640 g/mol. The van der Waals surface area contributed by atoms with Gasteiger partial charge >= 0.3 is 5.97 Å². The summed E-state index contributed by atoms with van der Waals surface area (Å²) < 4.78 is 19.3. The maximum absolute atomic E-state index is 14.1. The number of ketones is 1. The largest absolute Gasteiger partial charge is 0.459 e. The number of aliphatic hydroxyl groups is 1. The summed E-state index contributed by atoms with van der Waals surface area (Å²) in [6.07, 6.45) is -1.49. The number of hydrogen-bond acceptors (Lipinski definition) is 11. The van der Waals surface area contributed by atoms with Gasteiger partial charge in [-0.15, -0.1) is 0 Å². The number of fused-ring (bicyclic) bond motifs is 5. The highest BCUT2D eigenvalue weighted by molar-refractivity contribution is 6.00. The molecule has 2 fully saturated rings. The lowest BCUT2D eigenvalue weighted by atomic mass is 9.61. The van der Waals surface area contributed by atoms with E-state index in [2.05, 4.69) is 27.0 Å². The van der Waals surface area contributed by atoms with Gasteiger partial charge in [-0.1, -0.05) is 65.6 Å². The number of pyridine rings is 1. The minimum atomic E-state index is -1.78. The van der Waals surface area contributed by atoms with Crippen LogP contribution in [0.4, 0.5) is 5.82 Å². The molecule has 0 spiro atoms. The first-order valence-corrected chi connectivity index (χ1v) is 17.4. The summed E-state index contributed by atoms with van der Waals surface area (Å²) in [5, 5.41) is 16.6. The molecule has 0 radical (unpaired) electrons. The molecule has 0 aromatic carbocycles. The molecule has 9 atom stereocenters. The van der Waals surface area contributed by atoms with Gasteiger partial charge in [0, 0.05) is 30.4 Å². The third-order valence-corrected chi connectivity index (χ3v) is 9.92. The number of rotatable bonds is 3. The molecule has 0 saturated carbocycles. The Labute approximate surface area is 296 Å². The molecule has 1 amide bonds. The molecule has 2 aliphatic heterocycles. The molecule has 3 rings (SSSR count). The SMILES string of the molecule is CC[C@H]1OC(=O)[C@H](C)C(=O)[C@H](C)[C@@H](C(C)(C)C)[C@@]2(C)C[C@@H](C)C(=NC(C)=O)[C@H](C)[C@@H](OC/C(=N\OCC#Cc3cccc(N)n3)CO2)[C@]1(C)O. The Morgan fingerprint density at radius 2 is 1.82 bits per heavy atom. The Hall–Kier alpha value is -3.66. The summed E-state index contributed by atoms with van der Waals surface area (Å²) in [6.45, 7) is 19.7. The van der Waals surface area contributed by atoms with Gasteiger partial charge in [0.05, 0.1) is 24.9 Å². The maximum atomic E-state index is 14.1. The van der Waals surface area contributed by atoms with Gasteiger partial charge in [-0.2, -0.15) is 0 Å². The number of Topliss-reactive ketones (excluding diaryl/α,β-unsaturated/α-hetero) is 1. The van der Waals surface area contributed by atoms with Crippen molar-refractivity contribution in [2.45, 2.75) is 112 Å². The number of ether oxygens (including phenoxy) is 3. The number of nitrogens with zero attached hydrogens (tertiary/aromatic N) is 3. The Morgan fingerprint density at radius 1 is 1.14 bits per heavy atom. The minimum absolute atomic E-state index is 0.0362. The van der Waals surface area contributed by atoms with Gasteiger partial charge in [0.2, 0.25) is 5.91 Å². The summed E-state index contributed by atoms with van der Waals surface area (Å²) in [7, 11) is 0. The molecule has 12 nitrogen and oxygen atoms in total. The summed E-state index contributed by atoms with van der Waals surface area (Å²) in [4.78, 5) is 54.6. The van der Waals surface area contributed by atoms with Crippen molar-refractivity contribution < 1.29 is 38.5 Å². The van der Waals surface area contributed by atoms with Crippen LogP contribution in [0.3, 0.4) is 0 Å². The number of aliphatic imine (C=N–C) groups is 1. The van der Waals surface area contributed by atoms with Crippen LogP contribution in [0.1, 0.15) is 94.7 Å². The molecular formula is C38H56N4O8. The lowest BCUT2D eigenvalue weighted by Gasteiger charge is -2.49. The van der Waals surface area contributed by atoms with Gasteiger partial charge in [-0.3, -0.25) is 14.4 Å². The number of esters is 1. The Morgan fingerprint density at radius 3 is 2.42 bits per heavy atom. The van der Waals surface area contributed by atoms with E-state index in [1.54, 1.807) is 32.0 Å². The van der Waals surface area contributed by atoms with Crippen LogP contribution in [-0.2, 0) is 33.4 Å². The third-order valence-electron chi connectivity index (χ3n) is 9.92. The number of nitrogen functional groups attached to an aromatic ring is 1. The van der Waals surface area contributed by atoms with E-state index < -0.39 is 64.4 Å². The number of carbonyl (C=O) groups is 3. The Balaban J connectivity index is 2.24. The highest BCUT2D eigenvalue weighted by Gasteiger charge is 2.53. The van der Waals surface area contributed by atoms with Crippen LogP contribution < -0.4 is 5.73 Å². The summed E-state index contributed by atoms with van der Waals surface area (Å²) in [6, 6.07) is 5.16. The maximum Gasteiger partial charge on any atom is 0.316 e. The summed E-state index contributed by atoms with van der Waals surface area (Å²) in [5.74, 6) is 1.59. The lowest BCUT2D eigenvalue weighted by molar-refractivity contribution is -0.192. The fourth-order valence-electron chi connectivity index (χ4n) is 8.05. The van der Waals surface area contributed by atoms with Crippen molar-refractivity contribution in [2.24, 2.45) is 45.2 Å². The van der Waals surface area contributed by atoms with Crippen molar-refractivity contribution in [1.82, 2.24) is 4.98 Å². The van der Waals surface area contributed by atoms with Crippen LogP contribution in [0.15, 0.2) is 28.3 Å². The average Bonchev–Trinajstić information content (AvgIpc) is 3.03. The van der Waals surface area contributed by atoms with E-state index in [4.69, 9.17) is 24.8 Å². The van der Waals surface area contributed by atoms with Crippen molar-refractivity contribution in [2.75, 3.05) is 25.6 Å². The van der Waals surface area contributed by atoms with E-state index >= 15 is 0 Å². The Bertz CT molecular complexity index is 1520. The molecule has 2 aliphatic rings. The van der Waals surface area contributed by atoms with Crippen LogP contribution in [-0.4, -0.2) is 82.4 Å². The number of carbonyl (C=O) groups excluding carboxylic acids is 3.